The Morgan fingerprint density at radius 2 is 2.04 bits per heavy atom. The lowest BCUT2D eigenvalue weighted by Crippen LogP contribution is -2.40. The number of aliphatic hydroxyl groups excluding tert-OH is 2. The number of alkyl halides is 3. The Morgan fingerprint density at radius 1 is 1.30 bits per heavy atom. The van der Waals surface area contributed by atoms with E-state index in [1.165, 1.54) is 6.07 Å². The van der Waals surface area contributed by atoms with Crippen molar-refractivity contribution in [1.29, 1.82) is 0 Å². The van der Waals surface area contributed by atoms with E-state index in [0.29, 0.717) is 5.52 Å². The first-order chi connectivity index (χ1) is 10.8. The molecule has 1 atom stereocenters. The molecule has 1 aromatic carbocycles. The van der Waals surface area contributed by atoms with Crippen LogP contribution in [0.25, 0.3) is 10.9 Å². The number of aliphatic hydroxyl groups is 2. The van der Waals surface area contributed by atoms with Gasteiger partial charge in [-0.3, -0.25) is 4.79 Å². The molecule has 0 saturated heterocycles. The van der Waals surface area contributed by atoms with Gasteiger partial charge in [-0.2, -0.15) is 13.2 Å². The van der Waals surface area contributed by atoms with Crippen LogP contribution in [0.2, 0.25) is 0 Å². The molecule has 0 unspecified atom stereocenters. The summed E-state index contributed by atoms with van der Waals surface area (Å²) in [5.74, 6) is -0.630. The number of nitrogens with one attached hydrogen (secondary N) is 1. The average Bonchev–Trinajstić information content (AvgIpc) is 2.97. The Morgan fingerprint density at radius 3 is 2.70 bits per heavy atom. The molecule has 0 bridgehead atoms. The smallest absolute Gasteiger partial charge is 0.390 e. The molecule has 3 N–H and O–H groups in total. The Kier molecular flexibility index (Phi) is 5.27. The van der Waals surface area contributed by atoms with Gasteiger partial charge < -0.3 is 20.1 Å². The number of carbonyl (C=O) groups is 1. The second kappa shape index (κ2) is 7.01. The zero-order valence-corrected chi connectivity index (χ0v) is 12.2. The third-order valence-electron chi connectivity index (χ3n) is 3.41. The first-order valence-electron chi connectivity index (χ1n) is 7.03. The van der Waals surface area contributed by atoms with Crippen molar-refractivity contribution in [2.24, 2.45) is 0 Å². The number of carbonyl (C=O) groups excluding carboxylic acids is 1. The molecule has 0 aliphatic heterocycles. The van der Waals surface area contributed by atoms with Gasteiger partial charge in [0.15, 0.2) is 0 Å². The minimum Gasteiger partial charge on any atom is -0.394 e. The monoisotopic (exact) mass is 330 g/mol. The molecule has 2 rings (SSSR count). The maximum absolute atomic E-state index is 12.6. The summed E-state index contributed by atoms with van der Waals surface area (Å²) in [7, 11) is 0. The molecule has 1 heterocycles. The van der Waals surface area contributed by atoms with Crippen LogP contribution in [-0.2, 0) is 0 Å². The van der Waals surface area contributed by atoms with Gasteiger partial charge in [-0.15, -0.1) is 0 Å². The summed E-state index contributed by atoms with van der Waals surface area (Å²) >= 11 is 0. The average molecular weight is 330 g/mol. The van der Waals surface area contributed by atoms with Crippen molar-refractivity contribution in [3.8, 4) is 0 Å². The Labute approximate surface area is 130 Å². The molecule has 0 spiro atoms. The van der Waals surface area contributed by atoms with E-state index < -0.39 is 37.8 Å². The predicted octanol–water partition coefficient (Wildman–Crippen LogP) is 1.92. The van der Waals surface area contributed by atoms with Crippen LogP contribution in [0.5, 0.6) is 0 Å². The van der Waals surface area contributed by atoms with Crippen molar-refractivity contribution in [3.05, 3.63) is 36.0 Å². The molecule has 2 aromatic rings. The van der Waals surface area contributed by atoms with Gasteiger partial charge in [-0.1, -0.05) is 12.1 Å². The summed E-state index contributed by atoms with van der Waals surface area (Å²) in [6.45, 7) is -1.60. The molecule has 126 valence electrons. The van der Waals surface area contributed by atoms with Crippen LogP contribution in [0, 0.1) is 0 Å². The number of halogens is 3. The molecular formula is C15H17F3N2O3. The topological polar surface area (TPSA) is 76.6 Å². The van der Waals surface area contributed by atoms with E-state index >= 15 is 0 Å². The van der Waals surface area contributed by atoms with Gasteiger partial charge in [0.1, 0.15) is 0 Å². The SMILES string of the molecule is O=C(c1cccc2cc[nH]c12)N(CCC(F)(F)F)C[C@H](O)CO. The van der Waals surface area contributed by atoms with Crippen LogP contribution in [0.1, 0.15) is 16.8 Å². The third kappa shape index (κ3) is 4.46. The number of aromatic amines is 1. The molecule has 0 radical (unpaired) electrons. The molecule has 5 nitrogen and oxygen atoms in total. The number of fused-ring (bicyclic) bond motifs is 1. The van der Waals surface area contributed by atoms with E-state index in [1.807, 2.05) is 0 Å². The molecule has 0 aliphatic rings. The van der Waals surface area contributed by atoms with E-state index in [9.17, 15) is 23.1 Å². The normalized spacial score (nSPS) is 13.3. The Balaban J connectivity index is 2.26. The van der Waals surface area contributed by atoms with Crippen LogP contribution in [0.3, 0.4) is 0 Å². The highest BCUT2D eigenvalue weighted by Crippen LogP contribution is 2.22. The summed E-state index contributed by atoms with van der Waals surface area (Å²) in [5.41, 5.74) is 0.743. The number of H-pyrrole nitrogens is 1. The second-order valence-electron chi connectivity index (χ2n) is 5.20. The quantitative estimate of drug-likeness (QED) is 0.757. The largest absolute Gasteiger partial charge is 0.394 e. The fraction of sp³-hybridized carbons (Fsp3) is 0.400. The number of rotatable bonds is 6. The summed E-state index contributed by atoms with van der Waals surface area (Å²) in [4.78, 5) is 16.4. The van der Waals surface area contributed by atoms with Gasteiger partial charge >= 0.3 is 6.18 Å². The minimum atomic E-state index is -4.42. The molecule has 0 fully saturated rings. The van der Waals surface area contributed by atoms with E-state index in [1.54, 1.807) is 24.4 Å². The van der Waals surface area contributed by atoms with Crippen molar-refractivity contribution in [1.82, 2.24) is 9.88 Å². The van der Waals surface area contributed by atoms with Crippen molar-refractivity contribution in [3.63, 3.8) is 0 Å². The van der Waals surface area contributed by atoms with E-state index in [-0.39, 0.29) is 12.1 Å². The lowest BCUT2D eigenvalue weighted by atomic mass is 10.1. The maximum atomic E-state index is 12.6. The van der Waals surface area contributed by atoms with Crippen LogP contribution in [-0.4, -0.2) is 58.0 Å². The van der Waals surface area contributed by atoms with Crippen molar-refractivity contribution < 1.29 is 28.2 Å². The Hall–Kier alpha value is -2.06. The predicted molar refractivity (Wildman–Crippen MR) is 78.0 cm³/mol. The standard InChI is InChI=1S/C15H17F3N2O3/c16-15(17,18)5-7-20(8-11(22)9-21)14(23)12-3-1-2-10-4-6-19-13(10)12/h1-4,6,11,19,21-22H,5,7-9H2/t11-/m0/s1. The van der Waals surface area contributed by atoms with Crippen molar-refractivity contribution in [2.75, 3.05) is 19.7 Å². The van der Waals surface area contributed by atoms with Gasteiger partial charge in [0.2, 0.25) is 0 Å². The fourth-order valence-corrected chi connectivity index (χ4v) is 2.28. The van der Waals surface area contributed by atoms with Gasteiger partial charge in [-0.25, -0.2) is 0 Å². The number of para-hydroxylation sites is 1. The number of amides is 1. The molecular weight excluding hydrogens is 313 g/mol. The fourth-order valence-electron chi connectivity index (χ4n) is 2.28. The first-order valence-corrected chi connectivity index (χ1v) is 7.03. The van der Waals surface area contributed by atoms with Gasteiger partial charge in [0.25, 0.3) is 5.91 Å². The highest BCUT2D eigenvalue weighted by molar-refractivity contribution is 6.05. The molecule has 0 aliphatic carbocycles. The zero-order chi connectivity index (χ0) is 17.0. The molecule has 1 amide bonds. The number of nitrogens with zero attached hydrogens (tertiary/aromatic N) is 1. The molecule has 23 heavy (non-hydrogen) atoms. The lowest BCUT2D eigenvalue weighted by molar-refractivity contribution is -0.137. The molecule has 1 aromatic heterocycles. The zero-order valence-electron chi connectivity index (χ0n) is 12.2. The highest BCUT2D eigenvalue weighted by Gasteiger charge is 2.30. The summed E-state index contributed by atoms with van der Waals surface area (Å²) < 4.78 is 37.3. The van der Waals surface area contributed by atoms with E-state index in [4.69, 9.17) is 5.11 Å². The van der Waals surface area contributed by atoms with Crippen molar-refractivity contribution >= 4 is 16.8 Å². The van der Waals surface area contributed by atoms with Crippen LogP contribution in [0.4, 0.5) is 13.2 Å². The summed E-state index contributed by atoms with van der Waals surface area (Å²) in [5, 5.41) is 19.1. The van der Waals surface area contributed by atoms with Crippen LogP contribution < -0.4 is 0 Å². The second-order valence-corrected chi connectivity index (χ2v) is 5.20. The van der Waals surface area contributed by atoms with Gasteiger partial charge in [-0.05, 0) is 12.1 Å². The summed E-state index contributed by atoms with van der Waals surface area (Å²) in [6, 6.07) is 6.65. The number of benzene rings is 1. The first kappa shape index (κ1) is 17.3. The van der Waals surface area contributed by atoms with Gasteiger partial charge in [0.05, 0.1) is 30.2 Å². The number of hydrogen-bond donors (Lipinski definition) is 3. The maximum Gasteiger partial charge on any atom is 0.390 e. The van der Waals surface area contributed by atoms with Crippen LogP contribution >= 0.6 is 0 Å². The number of hydrogen-bond acceptors (Lipinski definition) is 3. The van der Waals surface area contributed by atoms with E-state index in [0.717, 1.165) is 10.3 Å². The Bertz CT molecular complexity index is 669. The van der Waals surface area contributed by atoms with Gasteiger partial charge in [0, 0.05) is 24.7 Å². The van der Waals surface area contributed by atoms with Crippen LogP contribution in [0.15, 0.2) is 30.5 Å². The summed E-state index contributed by atoms with van der Waals surface area (Å²) in [6.07, 6.45) is -5.27. The minimum absolute atomic E-state index is 0.222. The van der Waals surface area contributed by atoms with E-state index in [2.05, 4.69) is 4.98 Å². The molecule has 0 saturated carbocycles. The lowest BCUT2D eigenvalue weighted by Gasteiger charge is -2.25. The highest BCUT2D eigenvalue weighted by atomic mass is 19.4. The number of aromatic nitrogens is 1. The molecule has 8 heteroatoms. The third-order valence-corrected chi connectivity index (χ3v) is 3.41. The van der Waals surface area contributed by atoms with Crippen molar-refractivity contribution in [2.45, 2.75) is 18.7 Å².